The number of hydrogen-bond acceptors (Lipinski definition) is 25. The van der Waals surface area contributed by atoms with E-state index in [-0.39, 0.29) is 77.8 Å². The Labute approximate surface area is 694 Å². The van der Waals surface area contributed by atoms with Gasteiger partial charge in [-0.15, -0.1) is 26.3 Å². The molecule has 0 amide bonds. The van der Waals surface area contributed by atoms with Crippen LogP contribution < -0.4 is 0 Å². The molecule has 0 aromatic carbocycles. The van der Waals surface area contributed by atoms with Crippen molar-refractivity contribution in [2.75, 3.05) is 42.2 Å². The quantitative estimate of drug-likeness (QED) is 0.0229. The number of hydrogen-bond donors (Lipinski definition) is 4. The van der Waals surface area contributed by atoms with E-state index in [0.29, 0.717) is 55.2 Å². The number of aliphatic hydroxyl groups excluding tert-OH is 2. The zero-order chi connectivity index (χ0) is 91.8. The number of ether oxygens (including phenoxy) is 11. The lowest BCUT2D eigenvalue weighted by molar-refractivity contribution is -0.169. The van der Waals surface area contributed by atoms with Crippen molar-refractivity contribution in [3.63, 3.8) is 0 Å². The van der Waals surface area contributed by atoms with Crippen LogP contribution in [0, 0.1) is 41.4 Å². The SMILES string of the molecule is C=C(C)C(Br)C(=O)OC.C=C(C)CC(=O)O.C=C(C)CCO.C=CCC(C(=O)OC(C)(C)C)C(C(=C)C)C(=O)OC.C=CCCC(=O)O.C=CCCC(=O)OC(C)(C)C.CCC.COC(=O)C1=C(C)[C@@H](O)CC1C(=O)OC(C)(C)C.COC(=O)C1C(C(=O)OC(C)(C)C)C[C@@H]2O[C@]12C.COC(=O)C1C(C)=CCC1C(=O)OC(C)(C)C. The van der Waals surface area contributed by atoms with Crippen molar-refractivity contribution in [3.8, 4) is 0 Å². The minimum atomic E-state index is -0.812. The fourth-order valence-electron chi connectivity index (χ4n) is 10.0. The Hall–Kier alpha value is -8.34. The van der Waals surface area contributed by atoms with E-state index in [9.17, 15) is 62.6 Å². The molecule has 3 aliphatic carbocycles. The summed E-state index contributed by atoms with van der Waals surface area (Å²) in [5.74, 6) is -9.52. The minimum Gasteiger partial charge on any atom is -0.481 e. The highest BCUT2D eigenvalue weighted by molar-refractivity contribution is 9.10. The Morgan fingerprint density at radius 3 is 1.30 bits per heavy atom. The van der Waals surface area contributed by atoms with Gasteiger partial charge in [-0.3, -0.25) is 52.7 Å². The summed E-state index contributed by atoms with van der Waals surface area (Å²) in [6.45, 7) is 68.7. The molecule has 11 atom stereocenters. The highest BCUT2D eigenvalue weighted by atomic mass is 79.9. The van der Waals surface area contributed by atoms with Gasteiger partial charge in [0.05, 0.1) is 95.3 Å². The summed E-state index contributed by atoms with van der Waals surface area (Å²) >= 11 is 3.09. The molecular formula is C87H143BrO27. The summed E-state index contributed by atoms with van der Waals surface area (Å²) in [5, 5.41) is 34.0. The molecule has 115 heavy (non-hydrogen) atoms. The van der Waals surface area contributed by atoms with E-state index in [1.54, 1.807) is 87.5 Å². The van der Waals surface area contributed by atoms with E-state index in [1.807, 2.05) is 89.2 Å². The van der Waals surface area contributed by atoms with E-state index in [0.717, 1.165) is 23.1 Å². The summed E-state index contributed by atoms with van der Waals surface area (Å²) in [5.41, 5.74) is 1.42. The number of aliphatic hydroxyl groups is 2. The lowest BCUT2D eigenvalue weighted by atomic mass is 9.84. The number of esters is 10. The van der Waals surface area contributed by atoms with E-state index in [4.69, 9.17) is 58.0 Å². The first-order valence-corrected chi connectivity index (χ1v) is 38.7. The van der Waals surface area contributed by atoms with Crippen molar-refractivity contribution >= 4 is 87.6 Å². The highest BCUT2D eigenvalue weighted by Gasteiger charge is 2.70. The molecule has 1 saturated heterocycles. The van der Waals surface area contributed by atoms with E-state index < -0.39 is 117 Å². The first kappa shape index (κ1) is 118. The first-order chi connectivity index (χ1) is 52.4. The summed E-state index contributed by atoms with van der Waals surface area (Å²) < 4.78 is 55.1. The van der Waals surface area contributed by atoms with Gasteiger partial charge in [-0.25, -0.2) is 4.79 Å². The number of carboxylic acid groups (broad SMARTS) is 2. The predicted molar refractivity (Wildman–Crippen MR) is 447 cm³/mol. The van der Waals surface area contributed by atoms with E-state index in [2.05, 4.69) is 85.3 Å². The number of halogens is 1. The molecule has 8 unspecified atom stereocenters. The molecule has 4 N–H and O–H groups in total. The molecule has 27 nitrogen and oxygen atoms in total. The summed E-state index contributed by atoms with van der Waals surface area (Å²) in [7, 11) is 6.55. The summed E-state index contributed by atoms with van der Waals surface area (Å²) in [4.78, 5) is 136. The number of carboxylic acids is 2. The van der Waals surface area contributed by atoms with E-state index >= 15 is 0 Å². The number of epoxide rings is 1. The molecule has 0 radical (unpaired) electrons. The lowest BCUT2D eigenvalue weighted by Crippen LogP contribution is -2.39. The minimum absolute atomic E-state index is 0.0286. The van der Waals surface area contributed by atoms with Crippen LogP contribution in [0.4, 0.5) is 0 Å². The average Bonchev–Trinajstić information content (AvgIpc) is 1.54. The fourth-order valence-corrected chi connectivity index (χ4v) is 10.2. The standard InChI is InChI=1S/C15H24O4.2C13H20O5.C13H20O4.C9H16O2.C6H9BrO2.2C5H8O2.C5H10O.C3H8/c1-8-9-11(13(16)19-15(4,5)6)12(10(2)3)14(17)18-7;1-12(2,3)18-10(14)7-6-8-13(4,17-8)9(7)11(15)16-5;1-7-9(14)6-8(10(7)12(16)17-5)11(15)18-13(2,3)4;1-8-6-7-9(10(8)12(15)16-5)11(14)17-13(2,3)4;1-5-6-7-8(10)11-9(2,3)4;1-4(2)5(7)6(8)9-3;1-4(2)3-5(6)7;1-2-3-4-5(6)7;1-5(2)3-4-6;1-3-2/h8,11-12H,1-2,9H2,3-7H3;7-9H,6H2,1-5H3;8-9,14H,6H2,1-5H3;6,9-10H,7H2,1-5H3;5H,1,6-7H2,2-4H3;5H,1H2,2-3H3;1,3H2,2H3,(H,6,7);2H,1,3-4H2,(H,6,7);6H,1,3-4H2,2H3;3H2,1-2H3/t;7?,8-,9?,13-;8?,9-;;;;;;;/m.00......./s1. The maximum Gasteiger partial charge on any atom is 0.334 e. The largest absolute Gasteiger partial charge is 0.481 e. The Morgan fingerprint density at radius 1 is 0.557 bits per heavy atom. The van der Waals surface area contributed by atoms with Crippen LogP contribution in [0.1, 0.15) is 237 Å². The third kappa shape index (κ3) is 54.3. The van der Waals surface area contributed by atoms with Crippen molar-refractivity contribution < 1.29 is 130 Å². The molecule has 1 saturated carbocycles. The topological polar surface area (TPSA) is 391 Å². The number of fused-ring (bicyclic) bond motifs is 1. The van der Waals surface area contributed by atoms with Gasteiger partial charge in [-0.2, -0.15) is 0 Å². The smallest absolute Gasteiger partial charge is 0.334 e. The van der Waals surface area contributed by atoms with Crippen LogP contribution >= 0.6 is 15.9 Å². The zero-order valence-corrected chi connectivity index (χ0v) is 76.2. The third-order valence-electron chi connectivity index (χ3n) is 15.1. The first-order valence-electron chi connectivity index (χ1n) is 37.8. The Balaban J connectivity index is -0.000000297. The molecular weight excluding hydrogens is 1560 g/mol. The van der Waals surface area contributed by atoms with Gasteiger partial charge in [0.15, 0.2) is 0 Å². The molecule has 4 rings (SSSR count). The lowest BCUT2D eigenvalue weighted by Gasteiger charge is -2.27. The molecule has 28 heteroatoms. The van der Waals surface area contributed by atoms with Crippen LogP contribution in [0.15, 0.2) is 109 Å². The fraction of sp³-hybridized carbons (Fsp3) is 0.655. The van der Waals surface area contributed by atoms with Gasteiger partial charge in [-0.05, 0) is 203 Å². The maximum atomic E-state index is 12.2. The number of carbonyl (C=O) groups excluding carboxylic acids is 10. The van der Waals surface area contributed by atoms with Crippen LogP contribution in [0.5, 0.6) is 0 Å². The van der Waals surface area contributed by atoms with Crippen LogP contribution in [-0.4, -0.2) is 185 Å². The molecule has 0 bridgehead atoms. The Morgan fingerprint density at radius 2 is 0.991 bits per heavy atom. The second kappa shape index (κ2) is 57.7. The van der Waals surface area contributed by atoms with Gasteiger partial charge >= 0.3 is 71.6 Å². The van der Waals surface area contributed by atoms with Crippen molar-refractivity contribution in [3.05, 3.63) is 109 Å². The van der Waals surface area contributed by atoms with Gasteiger partial charge in [0.1, 0.15) is 44.4 Å². The number of carbonyl (C=O) groups is 12. The maximum absolute atomic E-state index is 12.2. The second-order valence-electron chi connectivity index (χ2n) is 32.5. The van der Waals surface area contributed by atoms with Gasteiger partial charge in [-0.1, -0.05) is 108 Å². The van der Waals surface area contributed by atoms with Crippen LogP contribution in [0.2, 0.25) is 0 Å². The zero-order valence-electron chi connectivity index (χ0n) is 74.6. The van der Waals surface area contributed by atoms with Crippen LogP contribution in [0.3, 0.4) is 0 Å². The molecule has 0 aromatic rings. The van der Waals surface area contributed by atoms with Crippen molar-refractivity contribution in [2.45, 2.75) is 287 Å². The number of rotatable bonds is 24. The summed E-state index contributed by atoms with van der Waals surface area (Å²) in [6.07, 6.45) is 11.5. The van der Waals surface area contributed by atoms with Gasteiger partial charge in [0, 0.05) is 19.4 Å². The van der Waals surface area contributed by atoms with Crippen LogP contribution in [0.25, 0.3) is 0 Å². The molecule has 1 heterocycles. The monoisotopic (exact) mass is 1700 g/mol. The molecule has 0 spiro atoms. The van der Waals surface area contributed by atoms with E-state index in [1.165, 1.54) is 42.0 Å². The van der Waals surface area contributed by atoms with Gasteiger partial charge < -0.3 is 72.5 Å². The number of aliphatic carboxylic acids is 2. The Bertz CT molecular complexity index is 3250. The van der Waals surface area contributed by atoms with Crippen molar-refractivity contribution in [1.82, 2.24) is 0 Å². The Kier molecular flexibility index (Phi) is 58.9. The highest BCUT2D eigenvalue weighted by Crippen LogP contribution is 2.57. The third-order valence-corrected chi connectivity index (χ3v) is 16.3. The molecule has 0 aromatic heterocycles. The molecule has 1 aliphatic heterocycles. The number of methoxy groups -OCH3 is 5. The van der Waals surface area contributed by atoms with Crippen LogP contribution in [-0.2, 0) is 110 Å². The number of alkyl halides is 1. The van der Waals surface area contributed by atoms with Crippen molar-refractivity contribution in [1.29, 1.82) is 0 Å². The normalized spacial score (nSPS) is 19.2. The average molecular weight is 1700 g/mol. The van der Waals surface area contributed by atoms with Gasteiger partial charge in [0.2, 0.25) is 0 Å². The molecule has 660 valence electrons. The summed E-state index contributed by atoms with van der Waals surface area (Å²) in [6, 6.07) is 0. The predicted octanol–water partition coefficient (Wildman–Crippen LogP) is 15.7. The molecule has 2 fully saturated rings. The molecule has 4 aliphatic rings. The second-order valence-corrected chi connectivity index (χ2v) is 33.4. The van der Waals surface area contributed by atoms with Gasteiger partial charge in [0.25, 0.3) is 0 Å². The number of allylic oxidation sites excluding steroid dienone is 4. The van der Waals surface area contributed by atoms with Crippen molar-refractivity contribution in [2.24, 2.45) is 41.4 Å².